The first-order valence-electron chi connectivity index (χ1n) is 4.96. The zero-order chi connectivity index (χ0) is 9.71. The fourth-order valence-corrected chi connectivity index (χ4v) is 1.93. The second-order valence-corrected chi connectivity index (χ2v) is 4.05. The fourth-order valence-electron chi connectivity index (χ4n) is 1.93. The molecular weight excluding hydrogens is 176 g/mol. The van der Waals surface area contributed by atoms with Gasteiger partial charge in [0, 0.05) is 6.04 Å². The molecule has 1 aliphatic carbocycles. The van der Waals surface area contributed by atoms with Crippen molar-refractivity contribution in [2.75, 3.05) is 0 Å². The Bertz CT molecular complexity index is 546. The van der Waals surface area contributed by atoms with Crippen LogP contribution >= 0.6 is 0 Å². The second kappa shape index (κ2) is 2.50. The first-order valence-corrected chi connectivity index (χ1v) is 4.96. The standard InChI is InChI=1S/C11H12N2O/c1-7-2-5-9-10(6-7)13(8-3-4-8)11(14)12-9/h2,5-6,8H,3-4H2,1H3,(H,12,14). The zero-order valence-corrected chi connectivity index (χ0v) is 8.08. The highest BCUT2D eigenvalue weighted by atomic mass is 16.1. The van der Waals surface area contributed by atoms with Crippen LogP contribution in [0.2, 0.25) is 0 Å². The van der Waals surface area contributed by atoms with E-state index >= 15 is 0 Å². The number of fused-ring (bicyclic) bond motifs is 1. The van der Waals surface area contributed by atoms with Gasteiger partial charge in [0.25, 0.3) is 0 Å². The number of imidazole rings is 1. The molecule has 1 aliphatic rings. The van der Waals surface area contributed by atoms with Crippen molar-refractivity contribution in [3.05, 3.63) is 34.2 Å². The van der Waals surface area contributed by atoms with Gasteiger partial charge in [0.2, 0.25) is 0 Å². The van der Waals surface area contributed by atoms with E-state index in [4.69, 9.17) is 0 Å². The van der Waals surface area contributed by atoms with Crippen molar-refractivity contribution in [3.63, 3.8) is 0 Å². The summed E-state index contributed by atoms with van der Waals surface area (Å²) in [5.74, 6) is 0. The van der Waals surface area contributed by atoms with Crippen molar-refractivity contribution < 1.29 is 0 Å². The van der Waals surface area contributed by atoms with Crippen LogP contribution in [0.4, 0.5) is 0 Å². The number of aryl methyl sites for hydroxylation is 1. The second-order valence-electron chi connectivity index (χ2n) is 4.05. The lowest BCUT2D eigenvalue weighted by atomic mass is 10.2. The Hall–Kier alpha value is -1.51. The molecule has 2 aromatic rings. The van der Waals surface area contributed by atoms with E-state index in [1.807, 2.05) is 23.6 Å². The van der Waals surface area contributed by atoms with Crippen molar-refractivity contribution in [1.82, 2.24) is 9.55 Å². The van der Waals surface area contributed by atoms with Crippen LogP contribution in [0.3, 0.4) is 0 Å². The molecule has 14 heavy (non-hydrogen) atoms. The van der Waals surface area contributed by atoms with Gasteiger partial charge in [-0.3, -0.25) is 4.57 Å². The highest BCUT2D eigenvalue weighted by molar-refractivity contribution is 5.76. The molecule has 0 aliphatic heterocycles. The largest absolute Gasteiger partial charge is 0.326 e. The smallest absolute Gasteiger partial charge is 0.306 e. The number of hydrogen-bond donors (Lipinski definition) is 1. The first-order chi connectivity index (χ1) is 6.75. The van der Waals surface area contributed by atoms with Gasteiger partial charge in [0.15, 0.2) is 0 Å². The number of H-pyrrole nitrogens is 1. The maximum Gasteiger partial charge on any atom is 0.326 e. The van der Waals surface area contributed by atoms with Crippen molar-refractivity contribution in [2.24, 2.45) is 0 Å². The summed E-state index contributed by atoms with van der Waals surface area (Å²) in [6.45, 7) is 2.05. The summed E-state index contributed by atoms with van der Waals surface area (Å²) in [4.78, 5) is 14.5. The molecule has 3 nitrogen and oxygen atoms in total. The van der Waals surface area contributed by atoms with Gasteiger partial charge in [-0.05, 0) is 37.5 Å². The van der Waals surface area contributed by atoms with Crippen LogP contribution in [0.25, 0.3) is 11.0 Å². The maximum atomic E-state index is 11.6. The average molecular weight is 188 g/mol. The Morgan fingerprint density at radius 3 is 2.93 bits per heavy atom. The van der Waals surface area contributed by atoms with Gasteiger partial charge in [-0.25, -0.2) is 4.79 Å². The summed E-state index contributed by atoms with van der Waals surface area (Å²) in [6, 6.07) is 6.52. The quantitative estimate of drug-likeness (QED) is 0.730. The summed E-state index contributed by atoms with van der Waals surface area (Å²) in [5.41, 5.74) is 3.24. The van der Waals surface area contributed by atoms with E-state index in [1.54, 1.807) is 0 Å². The molecule has 1 heterocycles. The van der Waals surface area contributed by atoms with Crippen LogP contribution < -0.4 is 5.69 Å². The molecule has 1 N–H and O–H groups in total. The number of aromatic nitrogens is 2. The molecule has 3 rings (SSSR count). The number of nitrogens with zero attached hydrogens (tertiary/aromatic N) is 1. The highest BCUT2D eigenvalue weighted by Crippen LogP contribution is 2.35. The molecule has 1 aromatic heterocycles. The van der Waals surface area contributed by atoms with E-state index in [-0.39, 0.29) is 5.69 Å². The Morgan fingerprint density at radius 1 is 1.43 bits per heavy atom. The van der Waals surface area contributed by atoms with Crippen molar-refractivity contribution in [3.8, 4) is 0 Å². The Morgan fingerprint density at radius 2 is 2.21 bits per heavy atom. The van der Waals surface area contributed by atoms with E-state index in [0.29, 0.717) is 6.04 Å². The predicted molar refractivity (Wildman–Crippen MR) is 55.6 cm³/mol. The van der Waals surface area contributed by atoms with E-state index in [0.717, 1.165) is 23.9 Å². The molecule has 0 atom stereocenters. The summed E-state index contributed by atoms with van der Waals surface area (Å²) >= 11 is 0. The fraction of sp³-hybridized carbons (Fsp3) is 0.364. The van der Waals surface area contributed by atoms with Crippen LogP contribution in [0.1, 0.15) is 24.4 Å². The molecule has 1 saturated carbocycles. The number of aromatic amines is 1. The van der Waals surface area contributed by atoms with E-state index < -0.39 is 0 Å². The molecular formula is C11H12N2O. The summed E-state index contributed by atoms with van der Waals surface area (Å²) in [7, 11) is 0. The van der Waals surface area contributed by atoms with Crippen LogP contribution in [0.15, 0.2) is 23.0 Å². The average Bonchev–Trinajstić information content (AvgIpc) is 2.90. The molecule has 0 amide bonds. The third kappa shape index (κ3) is 1.02. The SMILES string of the molecule is Cc1ccc2[nH]c(=O)n(C3CC3)c2c1. The van der Waals surface area contributed by atoms with Crippen LogP contribution in [-0.4, -0.2) is 9.55 Å². The lowest BCUT2D eigenvalue weighted by molar-refractivity contribution is 0.733. The van der Waals surface area contributed by atoms with Gasteiger partial charge in [-0.2, -0.15) is 0 Å². The van der Waals surface area contributed by atoms with E-state index in [1.165, 1.54) is 5.56 Å². The first kappa shape index (κ1) is 7.85. The number of rotatable bonds is 1. The van der Waals surface area contributed by atoms with Crippen LogP contribution in [-0.2, 0) is 0 Å². The minimum Gasteiger partial charge on any atom is -0.306 e. The molecule has 0 saturated heterocycles. The molecule has 0 spiro atoms. The minimum absolute atomic E-state index is 0.0353. The normalized spacial score (nSPS) is 16.4. The van der Waals surface area contributed by atoms with E-state index in [2.05, 4.69) is 11.1 Å². The molecule has 0 radical (unpaired) electrons. The Labute approximate surface area is 81.4 Å². The van der Waals surface area contributed by atoms with Crippen molar-refractivity contribution in [1.29, 1.82) is 0 Å². The third-order valence-electron chi connectivity index (χ3n) is 2.79. The molecule has 0 bridgehead atoms. The predicted octanol–water partition coefficient (Wildman–Crippen LogP) is 1.97. The van der Waals surface area contributed by atoms with Gasteiger partial charge >= 0.3 is 5.69 Å². The number of benzene rings is 1. The lowest BCUT2D eigenvalue weighted by Gasteiger charge is -1.99. The lowest BCUT2D eigenvalue weighted by Crippen LogP contribution is -2.14. The monoisotopic (exact) mass is 188 g/mol. The third-order valence-corrected chi connectivity index (χ3v) is 2.79. The number of hydrogen-bond acceptors (Lipinski definition) is 1. The topological polar surface area (TPSA) is 37.8 Å². The van der Waals surface area contributed by atoms with Gasteiger partial charge in [-0.15, -0.1) is 0 Å². The molecule has 72 valence electrons. The van der Waals surface area contributed by atoms with Crippen molar-refractivity contribution >= 4 is 11.0 Å². The molecule has 1 aromatic carbocycles. The minimum atomic E-state index is 0.0353. The summed E-state index contributed by atoms with van der Waals surface area (Å²) in [5, 5.41) is 0. The Balaban J connectivity index is 2.39. The Kier molecular flexibility index (Phi) is 1.40. The molecule has 0 unspecified atom stereocenters. The molecule has 3 heteroatoms. The highest BCUT2D eigenvalue weighted by Gasteiger charge is 2.26. The van der Waals surface area contributed by atoms with Crippen LogP contribution in [0.5, 0.6) is 0 Å². The van der Waals surface area contributed by atoms with Crippen LogP contribution in [0, 0.1) is 6.92 Å². The maximum absolute atomic E-state index is 11.6. The van der Waals surface area contributed by atoms with Crippen molar-refractivity contribution in [2.45, 2.75) is 25.8 Å². The summed E-state index contributed by atoms with van der Waals surface area (Å²) in [6.07, 6.45) is 2.28. The van der Waals surface area contributed by atoms with Gasteiger partial charge in [-0.1, -0.05) is 6.07 Å². The van der Waals surface area contributed by atoms with Gasteiger partial charge in [0.1, 0.15) is 0 Å². The van der Waals surface area contributed by atoms with E-state index in [9.17, 15) is 4.79 Å². The summed E-state index contributed by atoms with van der Waals surface area (Å²) < 4.78 is 1.89. The zero-order valence-electron chi connectivity index (χ0n) is 8.08. The molecule has 1 fully saturated rings. The number of nitrogens with one attached hydrogen (secondary N) is 1. The van der Waals surface area contributed by atoms with Gasteiger partial charge in [0.05, 0.1) is 11.0 Å². The van der Waals surface area contributed by atoms with Gasteiger partial charge < -0.3 is 4.98 Å².